The topological polar surface area (TPSA) is 25.4 Å². The van der Waals surface area contributed by atoms with Crippen LogP contribution in [0.1, 0.15) is 38.3 Å². The molecule has 104 valence electrons. The van der Waals surface area contributed by atoms with E-state index < -0.39 is 0 Å². The van der Waals surface area contributed by atoms with Crippen LogP contribution in [0, 0.1) is 5.41 Å². The number of likely N-dealkylation sites (tertiary alicyclic amines) is 1. The minimum atomic E-state index is 0.548. The molecule has 3 rings (SSSR count). The van der Waals surface area contributed by atoms with Crippen molar-refractivity contribution < 1.29 is 4.74 Å². The SMILES string of the molecule is CCOC1CC2(CCN(Cc3ccccn3)CC2)C1. The Kier molecular flexibility index (Phi) is 3.85. The molecule has 0 aromatic carbocycles. The van der Waals surface area contributed by atoms with Crippen molar-refractivity contribution in [3.05, 3.63) is 30.1 Å². The molecule has 1 aliphatic carbocycles. The van der Waals surface area contributed by atoms with Gasteiger partial charge in [0.05, 0.1) is 11.8 Å². The Bertz CT molecular complexity index is 390. The van der Waals surface area contributed by atoms with Gasteiger partial charge in [0.15, 0.2) is 0 Å². The summed E-state index contributed by atoms with van der Waals surface area (Å²) in [6.45, 7) is 6.41. The summed E-state index contributed by atoms with van der Waals surface area (Å²) in [7, 11) is 0. The first-order chi connectivity index (χ1) is 9.30. The number of nitrogens with zero attached hydrogens (tertiary/aromatic N) is 2. The van der Waals surface area contributed by atoms with Crippen LogP contribution in [-0.2, 0) is 11.3 Å². The van der Waals surface area contributed by atoms with E-state index in [4.69, 9.17) is 4.74 Å². The molecule has 1 aromatic heterocycles. The number of rotatable bonds is 4. The second-order valence-corrected chi connectivity index (χ2v) is 6.08. The Hall–Kier alpha value is -0.930. The summed E-state index contributed by atoms with van der Waals surface area (Å²) in [5, 5.41) is 0. The van der Waals surface area contributed by atoms with Crippen molar-refractivity contribution in [3.8, 4) is 0 Å². The van der Waals surface area contributed by atoms with Gasteiger partial charge < -0.3 is 4.74 Å². The first-order valence-electron chi connectivity index (χ1n) is 7.53. The maximum absolute atomic E-state index is 5.70. The highest BCUT2D eigenvalue weighted by Crippen LogP contribution is 2.50. The molecule has 0 N–H and O–H groups in total. The number of ether oxygens (including phenoxy) is 1. The molecule has 3 heteroatoms. The predicted octanol–water partition coefficient (Wildman–Crippen LogP) is 2.86. The fourth-order valence-corrected chi connectivity index (χ4v) is 3.57. The second kappa shape index (κ2) is 5.59. The maximum Gasteiger partial charge on any atom is 0.0585 e. The lowest BCUT2D eigenvalue weighted by Crippen LogP contribution is -2.49. The van der Waals surface area contributed by atoms with E-state index in [2.05, 4.69) is 28.9 Å². The van der Waals surface area contributed by atoms with Crippen LogP contribution in [0.3, 0.4) is 0 Å². The van der Waals surface area contributed by atoms with E-state index >= 15 is 0 Å². The summed E-state index contributed by atoms with van der Waals surface area (Å²) in [6.07, 6.45) is 7.69. The van der Waals surface area contributed by atoms with Gasteiger partial charge in [-0.25, -0.2) is 0 Å². The molecule has 2 heterocycles. The van der Waals surface area contributed by atoms with E-state index in [1.165, 1.54) is 44.5 Å². The van der Waals surface area contributed by atoms with Gasteiger partial charge >= 0.3 is 0 Å². The maximum atomic E-state index is 5.70. The molecule has 1 spiro atoms. The average Bonchev–Trinajstić information content (AvgIpc) is 2.41. The van der Waals surface area contributed by atoms with Crippen LogP contribution in [0.2, 0.25) is 0 Å². The first kappa shape index (κ1) is 13.1. The zero-order chi connectivity index (χ0) is 13.1. The van der Waals surface area contributed by atoms with Crippen molar-refractivity contribution in [1.29, 1.82) is 0 Å². The third kappa shape index (κ3) is 2.98. The molecule has 3 nitrogen and oxygen atoms in total. The summed E-state index contributed by atoms with van der Waals surface area (Å²) >= 11 is 0. The van der Waals surface area contributed by atoms with Gasteiger partial charge in [-0.15, -0.1) is 0 Å². The largest absolute Gasteiger partial charge is 0.378 e. The molecule has 0 amide bonds. The number of aromatic nitrogens is 1. The quantitative estimate of drug-likeness (QED) is 0.832. The first-order valence-corrected chi connectivity index (χ1v) is 7.53. The Morgan fingerprint density at radius 1 is 1.32 bits per heavy atom. The van der Waals surface area contributed by atoms with Crippen LogP contribution in [0.25, 0.3) is 0 Å². The van der Waals surface area contributed by atoms with E-state index in [1.54, 1.807) is 0 Å². The smallest absolute Gasteiger partial charge is 0.0585 e. The molecule has 0 radical (unpaired) electrons. The number of piperidine rings is 1. The van der Waals surface area contributed by atoms with Crippen molar-refractivity contribution in [2.24, 2.45) is 5.41 Å². The molecule has 0 atom stereocenters. The van der Waals surface area contributed by atoms with E-state index in [0.717, 1.165) is 13.2 Å². The summed E-state index contributed by atoms with van der Waals surface area (Å²) in [5.41, 5.74) is 1.81. The lowest BCUT2D eigenvalue weighted by Gasteiger charge is -2.51. The molecule has 1 aliphatic heterocycles. The van der Waals surface area contributed by atoms with Crippen LogP contribution in [-0.4, -0.2) is 35.7 Å². The highest BCUT2D eigenvalue weighted by Gasteiger charge is 2.46. The van der Waals surface area contributed by atoms with Gasteiger partial charge in [0, 0.05) is 19.3 Å². The van der Waals surface area contributed by atoms with Gasteiger partial charge in [-0.2, -0.15) is 0 Å². The van der Waals surface area contributed by atoms with Crippen molar-refractivity contribution in [1.82, 2.24) is 9.88 Å². The molecule has 2 fully saturated rings. The molecule has 0 unspecified atom stereocenters. The van der Waals surface area contributed by atoms with Gasteiger partial charge in [-0.1, -0.05) is 6.07 Å². The summed E-state index contributed by atoms with van der Waals surface area (Å²) < 4.78 is 5.70. The molecule has 1 aromatic rings. The highest BCUT2D eigenvalue weighted by molar-refractivity contribution is 5.04. The number of hydrogen-bond acceptors (Lipinski definition) is 3. The Morgan fingerprint density at radius 2 is 2.11 bits per heavy atom. The average molecular weight is 260 g/mol. The van der Waals surface area contributed by atoms with E-state index in [9.17, 15) is 0 Å². The van der Waals surface area contributed by atoms with Crippen LogP contribution in [0.5, 0.6) is 0 Å². The Labute approximate surface area is 116 Å². The lowest BCUT2D eigenvalue weighted by atomic mass is 9.61. The van der Waals surface area contributed by atoms with Gasteiger partial charge in [0.2, 0.25) is 0 Å². The standard InChI is InChI=1S/C16H24N2O/c1-2-19-15-11-16(12-15)6-9-18(10-7-16)13-14-5-3-4-8-17-14/h3-5,8,15H,2,6-7,9-13H2,1H3. The molecular formula is C16H24N2O. The molecular weight excluding hydrogens is 236 g/mol. The fraction of sp³-hybridized carbons (Fsp3) is 0.688. The molecule has 0 bridgehead atoms. The normalized spacial score (nSPS) is 23.4. The van der Waals surface area contributed by atoms with Crippen molar-refractivity contribution >= 4 is 0 Å². The predicted molar refractivity (Wildman–Crippen MR) is 75.8 cm³/mol. The third-order valence-corrected chi connectivity index (χ3v) is 4.75. The minimum absolute atomic E-state index is 0.548. The number of pyridine rings is 1. The molecule has 1 saturated heterocycles. The summed E-state index contributed by atoms with van der Waals surface area (Å²) in [4.78, 5) is 6.96. The zero-order valence-corrected chi connectivity index (χ0v) is 11.8. The number of hydrogen-bond donors (Lipinski definition) is 0. The van der Waals surface area contributed by atoms with E-state index in [0.29, 0.717) is 11.5 Å². The second-order valence-electron chi connectivity index (χ2n) is 6.08. The summed E-state index contributed by atoms with van der Waals surface area (Å²) in [5.74, 6) is 0. The van der Waals surface area contributed by atoms with Crippen LogP contribution < -0.4 is 0 Å². The minimum Gasteiger partial charge on any atom is -0.378 e. The van der Waals surface area contributed by atoms with E-state index in [-0.39, 0.29) is 0 Å². The van der Waals surface area contributed by atoms with Gasteiger partial charge in [-0.3, -0.25) is 9.88 Å². The molecule has 2 aliphatic rings. The lowest BCUT2D eigenvalue weighted by molar-refractivity contribution is -0.102. The van der Waals surface area contributed by atoms with Crippen LogP contribution >= 0.6 is 0 Å². The van der Waals surface area contributed by atoms with Crippen molar-refractivity contribution in [2.45, 2.75) is 45.3 Å². The fourth-order valence-electron chi connectivity index (χ4n) is 3.57. The summed E-state index contributed by atoms with van der Waals surface area (Å²) in [6, 6.07) is 6.18. The monoisotopic (exact) mass is 260 g/mol. The third-order valence-electron chi connectivity index (χ3n) is 4.75. The van der Waals surface area contributed by atoms with Gasteiger partial charge in [-0.05, 0) is 63.2 Å². The van der Waals surface area contributed by atoms with Crippen molar-refractivity contribution in [3.63, 3.8) is 0 Å². The Balaban J connectivity index is 1.46. The van der Waals surface area contributed by atoms with Crippen molar-refractivity contribution in [2.75, 3.05) is 19.7 Å². The highest BCUT2D eigenvalue weighted by atomic mass is 16.5. The zero-order valence-electron chi connectivity index (χ0n) is 11.8. The molecule has 19 heavy (non-hydrogen) atoms. The van der Waals surface area contributed by atoms with Gasteiger partial charge in [0.25, 0.3) is 0 Å². The Morgan fingerprint density at radius 3 is 2.74 bits per heavy atom. The van der Waals surface area contributed by atoms with Crippen LogP contribution in [0.4, 0.5) is 0 Å². The van der Waals surface area contributed by atoms with Crippen LogP contribution in [0.15, 0.2) is 24.4 Å². The molecule has 1 saturated carbocycles. The van der Waals surface area contributed by atoms with Gasteiger partial charge in [0.1, 0.15) is 0 Å². The van der Waals surface area contributed by atoms with E-state index in [1.807, 2.05) is 12.3 Å².